The highest BCUT2D eigenvalue weighted by molar-refractivity contribution is 14.0. The van der Waals surface area contributed by atoms with Crippen LogP contribution < -0.4 is 10.6 Å². The molecule has 0 aliphatic carbocycles. The van der Waals surface area contributed by atoms with Crippen LogP contribution in [0.4, 0.5) is 0 Å². The third-order valence-electron chi connectivity index (χ3n) is 4.64. The summed E-state index contributed by atoms with van der Waals surface area (Å²) in [5.74, 6) is 0.878. The van der Waals surface area contributed by atoms with Crippen LogP contribution in [0.5, 0.6) is 0 Å². The number of benzene rings is 1. The molecule has 0 radical (unpaired) electrons. The number of likely N-dealkylation sites (N-methyl/N-ethyl adjacent to an activating group) is 1. The fourth-order valence-electron chi connectivity index (χ4n) is 3.03. The largest absolute Gasteiger partial charge is 0.356 e. The van der Waals surface area contributed by atoms with E-state index in [9.17, 15) is 0 Å². The van der Waals surface area contributed by atoms with Gasteiger partial charge in [0.25, 0.3) is 0 Å². The number of nitrogens with zero attached hydrogens (tertiary/aromatic N) is 3. The van der Waals surface area contributed by atoms with E-state index in [1.807, 2.05) is 7.05 Å². The summed E-state index contributed by atoms with van der Waals surface area (Å²) in [6.07, 6.45) is 1.10. The molecule has 0 saturated carbocycles. The van der Waals surface area contributed by atoms with Gasteiger partial charge in [-0.3, -0.25) is 9.89 Å². The molecule has 1 saturated heterocycles. The van der Waals surface area contributed by atoms with Gasteiger partial charge in [-0.1, -0.05) is 38.1 Å². The molecule has 142 valence electrons. The zero-order valence-electron chi connectivity index (χ0n) is 15.9. The Morgan fingerprint density at radius 3 is 2.24 bits per heavy atom. The highest BCUT2D eigenvalue weighted by Gasteiger charge is 2.16. The molecule has 2 rings (SSSR count). The minimum absolute atomic E-state index is 0. The van der Waals surface area contributed by atoms with Gasteiger partial charge >= 0.3 is 0 Å². The molecule has 1 aliphatic heterocycles. The summed E-state index contributed by atoms with van der Waals surface area (Å²) in [6.45, 7) is 13.1. The maximum absolute atomic E-state index is 4.28. The maximum atomic E-state index is 4.28. The molecule has 0 bridgehead atoms. The van der Waals surface area contributed by atoms with Crippen molar-refractivity contribution in [3.8, 4) is 0 Å². The molecule has 0 amide bonds. The lowest BCUT2D eigenvalue weighted by Crippen LogP contribution is -2.45. The van der Waals surface area contributed by atoms with Crippen LogP contribution in [-0.2, 0) is 13.1 Å². The molecule has 1 fully saturated rings. The second kappa shape index (κ2) is 12.5. The van der Waals surface area contributed by atoms with E-state index < -0.39 is 0 Å². The van der Waals surface area contributed by atoms with Gasteiger partial charge in [0.15, 0.2) is 5.96 Å². The number of hydrogen-bond acceptors (Lipinski definition) is 3. The zero-order valence-corrected chi connectivity index (χ0v) is 18.3. The first-order chi connectivity index (χ1) is 11.8. The lowest BCUT2D eigenvalue weighted by Gasteiger charge is -2.34. The molecule has 0 spiro atoms. The van der Waals surface area contributed by atoms with Crippen molar-refractivity contribution >= 4 is 29.9 Å². The molecule has 2 N–H and O–H groups in total. The average Bonchev–Trinajstić information content (AvgIpc) is 2.63. The van der Waals surface area contributed by atoms with Crippen LogP contribution in [0.2, 0.25) is 0 Å². The van der Waals surface area contributed by atoms with Crippen molar-refractivity contribution in [3.05, 3.63) is 35.4 Å². The van der Waals surface area contributed by atoms with E-state index in [0.717, 1.165) is 51.6 Å². The first-order valence-electron chi connectivity index (χ1n) is 9.22. The monoisotopic (exact) mass is 459 g/mol. The quantitative estimate of drug-likeness (QED) is 0.374. The fraction of sp³-hybridized carbons (Fsp3) is 0.632. The number of halogens is 1. The summed E-state index contributed by atoms with van der Waals surface area (Å²) in [5, 5.41) is 6.75. The number of nitrogens with one attached hydrogen (secondary N) is 2. The SMILES string of the molecule is CCCNC(=NC)NCc1ccccc1CN1CCN(CC)CC1.I. The Bertz CT molecular complexity index is 512. The maximum Gasteiger partial charge on any atom is 0.191 e. The topological polar surface area (TPSA) is 42.9 Å². The third kappa shape index (κ3) is 7.50. The second-order valence-corrected chi connectivity index (χ2v) is 6.33. The van der Waals surface area contributed by atoms with Crippen LogP contribution in [0.15, 0.2) is 29.3 Å². The first-order valence-corrected chi connectivity index (χ1v) is 9.22. The fourth-order valence-corrected chi connectivity index (χ4v) is 3.03. The van der Waals surface area contributed by atoms with E-state index in [0.29, 0.717) is 0 Å². The smallest absolute Gasteiger partial charge is 0.191 e. The predicted octanol–water partition coefficient (Wildman–Crippen LogP) is 2.52. The first kappa shape index (κ1) is 22.2. The second-order valence-electron chi connectivity index (χ2n) is 6.33. The van der Waals surface area contributed by atoms with Crippen molar-refractivity contribution < 1.29 is 0 Å². The van der Waals surface area contributed by atoms with Crippen LogP contribution in [0, 0.1) is 0 Å². The molecule has 1 aromatic rings. The molecule has 6 heteroatoms. The highest BCUT2D eigenvalue weighted by Crippen LogP contribution is 2.13. The van der Waals surface area contributed by atoms with E-state index in [4.69, 9.17) is 0 Å². The standard InChI is InChI=1S/C19H33N5.HI/c1-4-10-21-19(20-3)22-15-17-8-6-7-9-18(17)16-24-13-11-23(5-2)12-14-24;/h6-9H,4-5,10-16H2,1-3H3,(H2,20,21,22);1H. The lowest BCUT2D eigenvalue weighted by atomic mass is 10.1. The van der Waals surface area contributed by atoms with E-state index in [1.165, 1.54) is 24.2 Å². The van der Waals surface area contributed by atoms with Crippen LogP contribution >= 0.6 is 24.0 Å². The molecule has 1 aliphatic rings. The van der Waals surface area contributed by atoms with Crippen LogP contribution in [-0.4, -0.2) is 62.1 Å². The van der Waals surface area contributed by atoms with E-state index >= 15 is 0 Å². The van der Waals surface area contributed by atoms with Crippen LogP contribution in [0.25, 0.3) is 0 Å². The summed E-state index contributed by atoms with van der Waals surface area (Å²) in [6, 6.07) is 8.74. The Balaban J connectivity index is 0.00000312. The number of guanidine groups is 1. The van der Waals surface area contributed by atoms with Crippen molar-refractivity contribution in [1.29, 1.82) is 0 Å². The van der Waals surface area contributed by atoms with Crippen molar-refractivity contribution in [2.75, 3.05) is 46.3 Å². The van der Waals surface area contributed by atoms with Crippen molar-refractivity contribution in [1.82, 2.24) is 20.4 Å². The molecular formula is C19H34IN5. The Labute approximate surface area is 170 Å². The number of piperazine rings is 1. The van der Waals surface area contributed by atoms with Crippen molar-refractivity contribution in [3.63, 3.8) is 0 Å². The van der Waals surface area contributed by atoms with E-state index in [-0.39, 0.29) is 24.0 Å². The van der Waals surface area contributed by atoms with Gasteiger partial charge in [0.1, 0.15) is 0 Å². The zero-order chi connectivity index (χ0) is 17.2. The van der Waals surface area contributed by atoms with Gasteiger partial charge in [-0.25, -0.2) is 0 Å². The van der Waals surface area contributed by atoms with Crippen LogP contribution in [0.3, 0.4) is 0 Å². The van der Waals surface area contributed by atoms with Gasteiger partial charge in [-0.2, -0.15) is 0 Å². The average molecular weight is 459 g/mol. The molecule has 1 aromatic carbocycles. The van der Waals surface area contributed by atoms with Gasteiger partial charge < -0.3 is 15.5 Å². The molecule has 1 heterocycles. The molecule has 0 atom stereocenters. The Morgan fingerprint density at radius 1 is 1.00 bits per heavy atom. The molecular weight excluding hydrogens is 425 g/mol. The lowest BCUT2D eigenvalue weighted by molar-refractivity contribution is 0.131. The Hall–Kier alpha value is -0.860. The Morgan fingerprint density at radius 2 is 1.64 bits per heavy atom. The number of hydrogen-bond donors (Lipinski definition) is 2. The summed E-state index contributed by atoms with van der Waals surface area (Å²) in [7, 11) is 1.82. The van der Waals surface area contributed by atoms with Gasteiger partial charge in [0.05, 0.1) is 0 Å². The van der Waals surface area contributed by atoms with Gasteiger partial charge in [-0.05, 0) is 24.1 Å². The molecule has 0 aromatic heterocycles. The molecule has 25 heavy (non-hydrogen) atoms. The molecule has 5 nitrogen and oxygen atoms in total. The number of aliphatic imine (C=N–C) groups is 1. The summed E-state index contributed by atoms with van der Waals surface area (Å²) >= 11 is 0. The summed E-state index contributed by atoms with van der Waals surface area (Å²) in [5.41, 5.74) is 2.77. The van der Waals surface area contributed by atoms with Gasteiger partial charge in [-0.15, -0.1) is 24.0 Å². The number of rotatable bonds is 7. The van der Waals surface area contributed by atoms with Crippen molar-refractivity contribution in [2.45, 2.75) is 33.4 Å². The summed E-state index contributed by atoms with van der Waals surface area (Å²) < 4.78 is 0. The van der Waals surface area contributed by atoms with E-state index in [1.54, 1.807) is 0 Å². The minimum atomic E-state index is 0. The van der Waals surface area contributed by atoms with Gasteiger partial charge in [0.2, 0.25) is 0 Å². The van der Waals surface area contributed by atoms with Crippen molar-refractivity contribution in [2.24, 2.45) is 4.99 Å². The normalized spacial score (nSPS) is 16.4. The van der Waals surface area contributed by atoms with E-state index in [2.05, 4.69) is 63.5 Å². The van der Waals surface area contributed by atoms with Gasteiger partial charge in [0, 0.05) is 52.9 Å². The molecule has 0 unspecified atom stereocenters. The predicted molar refractivity (Wildman–Crippen MR) is 118 cm³/mol. The Kier molecular flexibility index (Phi) is 11.1. The minimum Gasteiger partial charge on any atom is -0.356 e. The summed E-state index contributed by atoms with van der Waals surface area (Å²) in [4.78, 5) is 9.37. The van der Waals surface area contributed by atoms with Crippen LogP contribution in [0.1, 0.15) is 31.4 Å². The third-order valence-corrected chi connectivity index (χ3v) is 4.64. The highest BCUT2D eigenvalue weighted by atomic mass is 127.